The highest BCUT2D eigenvalue weighted by Gasteiger charge is 2.58. The van der Waals surface area contributed by atoms with Gasteiger partial charge >= 0.3 is 0 Å². The fourth-order valence-corrected chi connectivity index (χ4v) is 4.68. The molecule has 1 unspecified atom stereocenters. The van der Waals surface area contributed by atoms with Gasteiger partial charge in [0.15, 0.2) is 11.4 Å². The Labute approximate surface area is 200 Å². The zero-order valence-electron chi connectivity index (χ0n) is 20.3. The number of fused-ring (bicyclic) bond motifs is 1. The van der Waals surface area contributed by atoms with Crippen LogP contribution in [-0.4, -0.2) is 41.6 Å². The molecule has 1 amide bonds. The summed E-state index contributed by atoms with van der Waals surface area (Å²) in [6.45, 7) is 8.12. The van der Waals surface area contributed by atoms with Crippen molar-refractivity contribution in [2.24, 2.45) is 0 Å². The van der Waals surface area contributed by atoms with Crippen molar-refractivity contribution in [1.82, 2.24) is 5.32 Å². The monoisotopic (exact) mass is 471 g/mol. The highest BCUT2D eigenvalue weighted by Crippen LogP contribution is 2.44. The lowest BCUT2D eigenvalue weighted by Gasteiger charge is -2.43. The Kier molecular flexibility index (Phi) is 7.38. The number of nitrogens with one attached hydrogen (secondary N) is 1. The number of hydrogen-bond acceptors (Lipinski definition) is 5. The van der Waals surface area contributed by atoms with Gasteiger partial charge < -0.3 is 24.3 Å². The van der Waals surface area contributed by atoms with Crippen LogP contribution in [0.25, 0.3) is 0 Å². The first-order valence-electron chi connectivity index (χ1n) is 11.9. The van der Waals surface area contributed by atoms with Gasteiger partial charge in [0.05, 0.1) is 25.4 Å². The minimum absolute atomic E-state index is 0.0580. The molecule has 0 spiro atoms. The van der Waals surface area contributed by atoms with Gasteiger partial charge in [-0.3, -0.25) is 4.79 Å². The molecule has 0 bridgehead atoms. The maximum Gasteiger partial charge on any atom is 0.252 e. The number of ether oxygens (including phenoxy) is 4. The third-order valence-electron chi connectivity index (χ3n) is 6.22. The molecule has 1 heterocycles. The molecule has 2 fully saturated rings. The van der Waals surface area contributed by atoms with Crippen LogP contribution in [0.1, 0.15) is 51.7 Å². The number of carbonyl (C=O) groups excluding carboxylic acids is 1. The van der Waals surface area contributed by atoms with Crippen molar-refractivity contribution in [3.8, 4) is 0 Å². The Bertz CT molecular complexity index is 965. The van der Waals surface area contributed by atoms with Crippen molar-refractivity contribution in [3.05, 3.63) is 71.5 Å². The number of benzene rings is 2. The Morgan fingerprint density at radius 1 is 1.03 bits per heavy atom. The molecule has 2 aromatic rings. The molecule has 2 aliphatic rings. The van der Waals surface area contributed by atoms with E-state index in [2.05, 4.69) is 5.32 Å². The van der Waals surface area contributed by atoms with Crippen LogP contribution in [0.3, 0.4) is 0 Å². The van der Waals surface area contributed by atoms with Crippen LogP contribution >= 0.6 is 0 Å². The van der Waals surface area contributed by atoms with Crippen molar-refractivity contribution < 1.29 is 28.1 Å². The number of hydrogen-bond donors (Lipinski definition) is 1. The minimum Gasteiger partial charge on any atom is -0.371 e. The average molecular weight is 472 g/mol. The van der Waals surface area contributed by atoms with Crippen molar-refractivity contribution >= 4 is 5.91 Å². The number of rotatable bonds is 8. The van der Waals surface area contributed by atoms with Gasteiger partial charge in [-0.05, 0) is 51.0 Å². The van der Waals surface area contributed by atoms with Gasteiger partial charge in [-0.25, -0.2) is 4.39 Å². The highest BCUT2D eigenvalue weighted by atomic mass is 19.1. The molecule has 34 heavy (non-hydrogen) atoms. The van der Waals surface area contributed by atoms with Crippen LogP contribution in [0, 0.1) is 5.82 Å². The fourth-order valence-electron chi connectivity index (χ4n) is 4.68. The maximum absolute atomic E-state index is 13.5. The van der Waals surface area contributed by atoms with Gasteiger partial charge in [-0.1, -0.05) is 42.5 Å². The van der Waals surface area contributed by atoms with Crippen LogP contribution in [-0.2, 0) is 37.0 Å². The molecule has 2 aromatic carbocycles. The average Bonchev–Trinajstić information content (AvgIpc) is 3.11. The molecule has 184 valence electrons. The Morgan fingerprint density at radius 2 is 1.71 bits per heavy atom. The van der Waals surface area contributed by atoms with E-state index in [9.17, 15) is 9.18 Å². The van der Waals surface area contributed by atoms with E-state index in [1.165, 1.54) is 12.1 Å². The molecule has 1 saturated carbocycles. The number of carbonyl (C=O) groups is 1. The first-order valence-corrected chi connectivity index (χ1v) is 11.9. The van der Waals surface area contributed by atoms with E-state index in [-0.39, 0.29) is 36.6 Å². The lowest BCUT2D eigenvalue weighted by Crippen LogP contribution is -2.60. The molecule has 4 rings (SSSR count). The summed E-state index contributed by atoms with van der Waals surface area (Å²) < 4.78 is 38.5. The first-order chi connectivity index (χ1) is 16.2. The van der Waals surface area contributed by atoms with E-state index in [4.69, 9.17) is 18.9 Å². The molecule has 0 aromatic heterocycles. The van der Waals surface area contributed by atoms with Gasteiger partial charge in [-0.15, -0.1) is 0 Å². The summed E-state index contributed by atoms with van der Waals surface area (Å²) >= 11 is 0. The van der Waals surface area contributed by atoms with Gasteiger partial charge in [0.1, 0.15) is 11.9 Å². The lowest BCUT2D eigenvalue weighted by atomic mass is 9.78. The lowest BCUT2D eigenvalue weighted by molar-refractivity contribution is -0.183. The van der Waals surface area contributed by atoms with Gasteiger partial charge in [0.2, 0.25) is 0 Å². The van der Waals surface area contributed by atoms with Crippen molar-refractivity contribution in [2.45, 2.75) is 89.5 Å². The molecular formula is C27H34FNO5. The SMILES string of the molecule is CC(C)NC(=O)[C@@]1(OCc2ccc(F)cc2)CC(OCc2ccccc2)[C@@H]2OC(C)(C)O[C@@H]2C1. The summed E-state index contributed by atoms with van der Waals surface area (Å²) in [6, 6.07) is 15.9. The molecule has 1 saturated heterocycles. The Balaban J connectivity index is 1.60. The summed E-state index contributed by atoms with van der Waals surface area (Å²) in [5, 5.41) is 3.02. The predicted octanol–water partition coefficient (Wildman–Crippen LogP) is 4.51. The second-order valence-corrected chi connectivity index (χ2v) is 9.92. The van der Waals surface area contributed by atoms with Crippen molar-refractivity contribution in [2.75, 3.05) is 0 Å². The number of amides is 1. The normalized spacial score (nSPS) is 28.0. The molecule has 4 atom stereocenters. The molecule has 7 heteroatoms. The van der Waals surface area contributed by atoms with Crippen LogP contribution < -0.4 is 5.32 Å². The summed E-state index contributed by atoms with van der Waals surface area (Å²) in [6.07, 6.45) is -0.428. The van der Waals surface area contributed by atoms with Crippen LogP contribution in [0.4, 0.5) is 4.39 Å². The summed E-state index contributed by atoms with van der Waals surface area (Å²) in [5.41, 5.74) is 0.642. The topological polar surface area (TPSA) is 66.0 Å². The summed E-state index contributed by atoms with van der Waals surface area (Å²) in [4.78, 5) is 13.5. The van der Waals surface area contributed by atoms with E-state index < -0.39 is 17.5 Å². The number of halogens is 1. The van der Waals surface area contributed by atoms with Crippen LogP contribution in [0.5, 0.6) is 0 Å². The standard InChI is InChI=1S/C27H34FNO5/c1-18(2)29-25(30)27(32-17-20-10-12-21(28)13-11-20)14-22(31-16-19-8-6-5-7-9-19)24-23(15-27)33-26(3,4)34-24/h5-13,18,22-24H,14-17H2,1-4H3,(H,29,30)/t22?,23-,24+,27-/m1/s1. The smallest absolute Gasteiger partial charge is 0.252 e. The van der Waals surface area contributed by atoms with Gasteiger partial charge in [0, 0.05) is 18.9 Å². The molecule has 0 radical (unpaired) electrons. The quantitative estimate of drug-likeness (QED) is 0.614. The fraction of sp³-hybridized carbons (Fsp3) is 0.519. The third-order valence-corrected chi connectivity index (χ3v) is 6.22. The molecule has 6 nitrogen and oxygen atoms in total. The van der Waals surface area contributed by atoms with Crippen molar-refractivity contribution in [3.63, 3.8) is 0 Å². The zero-order chi connectivity index (χ0) is 24.3. The van der Waals surface area contributed by atoms with Crippen LogP contribution in [0.15, 0.2) is 54.6 Å². The largest absolute Gasteiger partial charge is 0.371 e. The predicted molar refractivity (Wildman–Crippen MR) is 125 cm³/mol. The zero-order valence-corrected chi connectivity index (χ0v) is 20.3. The molecular weight excluding hydrogens is 437 g/mol. The van der Waals surface area contributed by atoms with Gasteiger partial charge in [-0.2, -0.15) is 0 Å². The molecule has 1 aliphatic carbocycles. The summed E-state index contributed by atoms with van der Waals surface area (Å²) in [7, 11) is 0. The van der Waals surface area contributed by atoms with Gasteiger partial charge in [0.25, 0.3) is 5.91 Å². The summed E-state index contributed by atoms with van der Waals surface area (Å²) in [5.74, 6) is -1.31. The Hall–Kier alpha value is -2.32. The molecule has 1 N–H and O–H groups in total. The second-order valence-electron chi connectivity index (χ2n) is 9.92. The molecule has 1 aliphatic heterocycles. The van der Waals surface area contributed by atoms with E-state index in [0.29, 0.717) is 19.4 Å². The third kappa shape index (κ3) is 5.84. The Morgan fingerprint density at radius 3 is 2.38 bits per heavy atom. The van der Waals surface area contributed by atoms with Crippen LogP contribution in [0.2, 0.25) is 0 Å². The second kappa shape index (κ2) is 10.1. The van der Waals surface area contributed by atoms with Crippen molar-refractivity contribution in [1.29, 1.82) is 0 Å². The maximum atomic E-state index is 13.5. The highest BCUT2D eigenvalue weighted by molar-refractivity contribution is 5.85. The van der Waals surface area contributed by atoms with E-state index in [1.54, 1.807) is 12.1 Å². The van der Waals surface area contributed by atoms with E-state index in [0.717, 1.165) is 11.1 Å². The first kappa shape index (κ1) is 24.8. The van der Waals surface area contributed by atoms with E-state index in [1.807, 2.05) is 58.0 Å². The van der Waals surface area contributed by atoms with E-state index >= 15 is 0 Å². The minimum atomic E-state index is -1.18.